The SMILES string of the molecule is CN1C(=O)COc2ccc(NC(=O)[C@@H]3CC[C@H](C(=O)O)C3)cc21. The highest BCUT2D eigenvalue weighted by molar-refractivity contribution is 5.99. The second-order valence-electron chi connectivity index (χ2n) is 5.96. The fraction of sp³-hybridized carbons (Fsp3) is 0.438. The minimum Gasteiger partial charge on any atom is -0.482 e. The number of rotatable bonds is 3. The van der Waals surface area contributed by atoms with Crippen molar-refractivity contribution < 1.29 is 24.2 Å². The molecular weight excluding hydrogens is 300 g/mol. The molecule has 3 rings (SSSR count). The highest BCUT2D eigenvalue weighted by Crippen LogP contribution is 2.35. The van der Waals surface area contributed by atoms with Gasteiger partial charge in [0.15, 0.2) is 6.61 Å². The lowest BCUT2D eigenvalue weighted by Crippen LogP contribution is -2.35. The fourth-order valence-corrected chi connectivity index (χ4v) is 3.04. The molecule has 0 spiro atoms. The molecule has 2 atom stereocenters. The Bertz CT molecular complexity index is 672. The summed E-state index contributed by atoms with van der Waals surface area (Å²) in [6, 6.07) is 5.11. The van der Waals surface area contributed by atoms with Crippen molar-refractivity contribution >= 4 is 29.2 Å². The number of aliphatic carboxylic acids is 1. The van der Waals surface area contributed by atoms with E-state index in [1.165, 1.54) is 4.90 Å². The number of amides is 2. The molecular formula is C16H18N2O5. The quantitative estimate of drug-likeness (QED) is 0.880. The summed E-state index contributed by atoms with van der Waals surface area (Å²) in [6.07, 6.45) is 1.48. The first-order chi connectivity index (χ1) is 11.0. The van der Waals surface area contributed by atoms with Gasteiger partial charge in [-0.1, -0.05) is 0 Å². The molecule has 0 unspecified atom stereocenters. The lowest BCUT2D eigenvalue weighted by atomic mass is 10.0. The van der Waals surface area contributed by atoms with Crippen LogP contribution in [0.2, 0.25) is 0 Å². The molecule has 0 saturated heterocycles. The Morgan fingerprint density at radius 3 is 2.74 bits per heavy atom. The molecule has 1 aromatic rings. The van der Waals surface area contributed by atoms with E-state index in [2.05, 4.69) is 5.32 Å². The van der Waals surface area contributed by atoms with Gasteiger partial charge in [-0.05, 0) is 37.5 Å². The van der Waals surface area contributed by atoms with Gasteiger partial charge in [0.05, 0.1) is 11.6 Å². The maximum Gasteiger partial charge on any atom is 0.306 e. The highest BCUT2D eigenvalue weighted by atomic mass is 16.5. The van der Waals surface area contributed by atoms with Crippen LogP contribution in [-0.4, -0.2) is 36.5 Å². The van der Waals surface area contributed by atoms with Crippen molar-refractivity contribution in [1.82, 2.24) is 0 Å². The first kappa shape index (κ1) is 15.3. The number of likely N-dealkylation sites (N-methyl/N-ethyl adjacent to an activating group) is 1. The van der Waals surface area contributed by atoms with Gasteiger partial charge in [0.2, 0.25) is 5.91 Å². The molecule has 0 radical (unpaired) electrons. The molecule has 7 nitrogen and oxygen atoms in total. The number of hydrogen-bond donors (Lipinski definition) is 2. The normalized spacial score (nSPS) is 23.2. The standard InChI is InChI=1S/C16H18N2O5/c1-18-12-7-11(4-5-13(12)23-8-14(18)19)17-15(20)9-2-3-10(6-9)16(21)22/h4-5,7,9-10H,2-3,6,8H2,1H3,(H,17,20)(H,21,22)/t9-,10+/m1/s1. The van der Waals surface area contributed by atoms with Gasteiger partial charge in [-0.2, -0.15) is 0 Å². The zero-order valence-electron chi connectivity index (χ0n) is 12.7. The Hall–Kier alpha value is -2.57. The number of carboxylic acid groups (broad SMARTS) is 1. The lowest BCUT2D eigenvalue weighted by Gasteiger charge is -2.26. The number of nitrogens with zero attached hydrogens (tertiary/aromatic N) is 1. The van der Waals surface area contributed by atoms with Crippen molar-refractivity contribution in [3.05, 3.63) is 18.2 Å². The van der Waals surface area contributed by atoms with Crippen LogP contribution < -0.4 is 15.0 Å². The molecule has 1 saturated carbocycles. The van der Waals surface area contributed by atoms with Crippen LogP contribution in [0, 0.1) is 11.8 Å². The van der Waals surface area contributed by atoms with Gasteiger partial charge in [0.25, 0.3) is 5.91 Å². The first-order valence-electron chi connectivity index (χ1n) is 7.53. The van der Waals surface area contributed by atoms with Crippen LogP contribution in [0.4, 0.5) is 11.4 Å². The summed E-state index contributed by atoms with van der Waals surface area (Å²) in [7, 11) is 1.66. The minimum atomic E-state index is -0.841. The zero-order chi connectivity index (χ0) is 16.6. The van der Waals surface area contributed by atoms with Crippen molar-refractivity contribution in [2.75, 3.05) is 23.9 Å². The van der Waals surface area contributed by atoms with E-state index in [4.69, 9.17) is 9.84 Å². The van der Waals surface area contributed by atoms with Gasteiger partial charge < -0.3 is 20.1 Å². The van der Waals surface area contributed by atoms with Crippen LogP contribution in [0.3, 0.4) is 0 Å². The molecule has 2 N–H and O–H groups in total. The summed E-state index contributed by atoms with van der Waals surface area (Å²) >= 11 is 0. The molecule has 2 aliphatic rings. The number of anilines is 2. The Balaban J connectivity index is 1.70. The molecule has 1 aliphatic carbocycles. The fourth-order valence-electron chi connectivity index (χ4n) is 3.04. The topological polar surface area (TPSA) is 95.9 Å². The maximum absolute atomic E-state index is 12.3. The van der Waals surface area contributed by atoms with Crippen molar-refractivity contribution in [2.45, 2.75) is 19.3 Å². The van der Waals surface area contributed by atoms with E-state index < -0.39 is 11.9 Å². The van der Waals surface area contributed by atoms with Crippen molar-refractivity contribution in [3.8, 4) is 5.75 Å². The van der Waals surface area contributed by atoms with E-state index in [1.54, 1.807) is 25.2 Å². The molecule has 1 aromatic carbocycles. The Labute approximate surface area is 133 Å². The molecule has 0 bridgehead atoms. The average molecular weight is 318 g/mol. The predicted octanol–water partition coefficient (Wildman–Crippen LogP) is 1.48. The van der Waals surface area contributed by atoms with Gasteiger partial charge in [0, 0.05) is 18.7 Å². The summed E-state index contributed by atoms with van der Waals surface area (Å²) < 4.78 is 5.34. The second-order valence-corrected chi connectivity index (χ2v) is 5.96. The predicted molar refractivity (Wildman–Crippen MR) is 82.4 cm³/mol. The summed E-state index contributed by atoms with van der Waals surface area (Å²) in [5.74, 6) is -1.31. The van der Waals surface area contributed by atoms with Crippen LogP contribution in [0.25, 0.3) is 0 Å². The number of ether oxygens (including phenoxy) is 1. The van der Waals surface area contributed by atoms with E-state index in [0.717, 1.165) is 0 Å². The van der Waals surface area contributed by atoms with Crippen LogP contribution >= 0.6 is 0 Å². The number of benzene rings is 1. The summed E-state index contributed by atoms with van der Waals surface area (Å²) in [4.78, 5) is 36.4. The Morgan fingerprint density at radius 2 is 2.04 bits per heavy atom. The molecule has 23 heavy (non-hydrogen) atoms. The Morgan fingerprint density at radius 1 is 1.30 bits per heavy atom. The zero-order valence-corrected chi connectivity index (χ0v) is 12.7. The molecule has 1 fully saturated rings. The average Bonchev–Trinajstić information content (AvgIpc) is 3.02. The highest BCUT2D eigenvalue weighted by Gasteiger charge is 2.34. The van der Waals surface area contributed by atoms with E-state index in [1.807, 2.05) is 0 Å². The number of carboxylic acids is 1. The third-order valence-corrected chi connectivity index (χ3v) is 4.47. The second kappa shape index (κ2) is 5.91. The van der Waals surface area contributed by atoms with Gasteiger partial charge >= 0.3 is 5.97 Å². The van der Waals surface area contributed by atoms with E-state index in [-0.39, 0.29) is 24.3 Å². The van der Waals surface area contributed by atoms with E-state index in [0.29, 0.717) is 36.4 Å². The summed E-state index contributed by atoms with van der Waals surface area (Å²) in [6.45, 7) is 0.00779. The number of fused-ring (bicyclic) bond motifs is 1. The lowest BCUT2D eigenvalue weighted by molar-refractivity contribution is -0.141. The van der Waals surface area contributed by atoms with Crippen molar-refractivity contribution in [1.29, 1.82) is 0 Å². The molecule has 1 heterocycles. The number of carbonyl (C=O) groups excluding carboxylic acids is 2. The number of nitrogens with one attached hydrogen (secondary N) is 1. The maximum atomic E-state index is 12.3. The minimum absolute atomic E-state index is 0.00779. The number of carbonyl (C=O) groups is 3. The third-order valence-electron chi connectivity index (χ3n) is 4.47. The van der Waals surface area contributed by atoms with Crippen LogP contribution in [-0.2, 0) is 14.4 Å². The Kier molecular flexibility index (Phi) is 3.94. The van der Waals surface area contributed by atoms with Gasteiger partial charge in [-0.25, -0.2) is 0 Å². The molecule has 1 aliphatic heterocycles. The van der Waals surface area contributed by atoms with Gasteiger partial charge in [-0.15, -0.1) is 0 Å². The molecule has 122 valence electrons. The molecule has 2 amide bonds. The number of hydrogen-bond acceptors (Lipinski definition) is 4. The van der Waals surface area contributed by atoms with Crippen LogP contribution in [0.1, 0.15) is 19.3 Å². The van der Waals surface area contributed by atoms with Crippen molar-refractivity contribution in [3.63, 3.8) is 0 Å². The van der Waals surface area contributed by atoms with Gasteiger partial charge in [-0.3, -0.25) is 14.4 Å². The van der Waals surface area contributed by atoms with Crippen molar-refractivity contribution in [2.24, 2.45) is 11.8 Å². The van der Waals surface area contributed by atoms with E-state index in [9.17, 15) is 14.4 Å². The largest absolute Gasteiger partial charge is 0.482 e. The third kappa shape index (κ3) is 2.99. The monoisotopic (exact) mass is 318 g/mol. The summed E-state index contributed by atoms with van der Waals surface area (Å²) in [5.41, 5.74) is 1.17. The smallest absolute Gasteiger partial charge is 0.306 e. The molecule has 0 aromatic heterocycles. The van der Waals surface area contributed by atoms with Crippen LogP contribution in [0.15, 0.2) is 18.2 Å². The van der Waals surface area contributed by atoms with Gasteiger partial charge in [0.1, 0.15) is 5.75 Å². The first-order valence-corrected chi connectivity index (χ1v) is 7.53. The van der Waals surface area contributed by atoms with E-state index >= 15 is 0 Å². The van der Waals surface area contributed by atoms with Crippen LogP contribution in [0.5, 0.6) is 5.75 Å². The molecule has 7 heteroatoms. The summed E-state index contributed by atoms with van der Waals surface area (Å²) in [5, 5.41) is 11.8.